The van der Waals surface area contributed by atoms with Gasteiger partial charge in [-0.25, -0.2) is 0 Å². The Hall–Kier alpha value is -2.67. The van der Waals surface area contributed by atoms with Crippen LogP contribution in [-0.2, 0) is 5.41 Å². The molecule has 0 N–H and O–H groups in total. The second-order valence-electron chi connectivity index (χ2n) is 7.69. The summed E-state index contributed by atoms with van der Waals surface area (Å²) in [6.07, 6.45) is 1.84. The maximum Gasteiger partial charge on any atom is 0.0704 e. The van der Waals surface area contributed by atoms with Gasteiger partial charge < -0.3 is 0 Å². The lowest BCUT2D eigenvalue weighted by atomic mass is 9.87. The number of allylic oxidation sites excluding steroid dienone is 1. The minimum absolute atomic E-state index is 0.293. The van der Waals surface area contributed by atoms with Gasteiger partial charge in [-0.15, -0.1) is 0 Å². The average molecular weight is 344 g/mol. The van der Waals surface area contributed by atoms with Crippen molar-refractivity contribution >= 4 is 5.57 Å². The maximum atomic E-state index is 4.36. The molecule has 0 unspecified atom stereocenters. The van der Waals surface area contributed by atoms with Crippen molar-refractivity contribution < 1.29 is 0 Å². The van der Waals surface area contributed by atoms with Crippen LogP contribution in [0.25, 0.3) is 16.8 Å². The Balaban J connectivity index is 0.000000209. The van der Waals surface area contributed by atoms with Crippen LogP contribution in [0.3, 0.4) is 0 Å². The van der Waals surface area contributed by atoms with Crippen LogP contribution in [0.2, 0.25) is 0 Å². The molecule has 0 aliphatic heterocycles. The summed E-state index contributed by atoms with van der Waals surface area (Å²) in [7, 11) is 0. The Bertz CT molecular complexity index is 837. The van der Waals surface area contributed by atoms with Crippen LogP contribution >= 0.6 is 0 Å². The monoisotopic (exact) mass is 343 g/mol. The highest BCUT2D eigenvalue weighted by Crippen LogP contribution is 2.21. The van der Waals surface area contributed by atoms with Crippen LogP contribution in [0, 0.1) is 6.92 Å². The number of aromatic nitrogens is 1. The van der Waals surface area contributed by atoms with E-state index in [-0.39, 0.29) is 0 Å². The minimum Gasteiger partial charge on any atom is -0.256 e. The zero-order valence-electron chi connectivity index (χ0n) is 16.6. The number of nitrogens with zero attached hydrogens (tertiary/aromatic N) is 1. The molecule has 0 saturated carbocycles. The molecule has 0 spiro atoms. The Morgan fingerprint density at radius 3 is 1.96 bits per heavy atom. The second kappa shape index (κ2) is 8.62. The molecule has 0 bridgehead atoms. The van der Waals surface area contributed by atoms with Crippen LogP contribution in [-0.4, -0.2) is 4.98 Å². The smallest absolute Gasteiger partial charge is 0.0704 e. The summed E-state index contributed by atoms with van der Waals surface area (Å²) < 4.78 is 0. The zero-order valence-corrected chi connectivity index (χ0v) is 16.6. The molecular weight excluding hydrogens is 314 g/mol. The van der Waals surface area contributed by atoms with Crippen molar-refractivity contribution in [3.05, 3.63) is 96.2 Å². The van der Waals surface area contributed by atoms with Gasteiger partial charge in [0.15, 0.2) is 0 Å². The normalized spacial score (nSPS) is 10.7. The molecule has 0 aliphatic carbocycles. The fourth-order valence-electron chi connectivity index (χ4n) is 2.56. The quantitative estimate of drug-likeness (QED) is 0.484. The van der Waals surface area contributed by atoms with Crippen molar-refractivity contribution in [1.29, 1.82) is 0 Å². The highest BCUT2D eigenvalue weighted by molar-refractivity contribution is 5.66. The summed E-state index contributed by atoms with van der Waals surface area (Å²) in [5, 5.41) is 0. The van der Waals surface area contributed by atoms with Crippen LogP contribution < -0.4 is 0 Å². The van der Waals surface area contributed by atoms with Crippen molar-refractivity contribution in [2.75, 3.05) is 0 Å². The zero-order chi connectivity index (χ0) is 19.2. The van der Waals surface area contributed by atoms with Crippen LogP contribution in [0.15, 0.2) is 79.5 Å². The molecule has 0 fully saturated rings. The molecule has 2 aromatic carbocycles. The van der Waals surface area contributed by atoms with Gasteiger partial charge in [0, 0.05) is 11.8 Å². The topological polar surface area (TPSA) is 12.9 Å². The van der Waals surface area contributed by atoms with Gasteiger partial charge in [-0.3, -0.25) is 4.98 Å². The van der Waals surface area contributed by atoms with E-state index in [1.807, 2.05) is 19.2 Å². The first-order chi connectivity index (χ1) is 12.3. The van der Waals surface area contributed by atoms with Crippen molar-refractivity contribution in [1.82, 2.24) is 4.98 Å². The van der Waals surface area contributed by atoms with Crippen LogP contribution in [0.1, 0.15) is 44.4 Å². The van der Waals surface area contributed by atoms with E-state index in [1.165, 1.54) is 16.7 Å². The van der Waals surface area contributed by atoms with Gasteiger partial charge in [-0.05, 0) is 48.1 Å². The van der Waals surface area contributed by atoms with Crippen LogP contribution in [0.4, 0.5) is 0 Å². The first-order valence-electron chi connectivity index (χ1n) is 9.02. The highest BCUT2D eigenvalue weighted by atomic mass is 14.7. The molecule has 1 heteroatoms. The summed E-state index contributed by atoms with van der Waals surface area (Å²) in [5.41, 5.74) is 7.35. The van der Waals surface area contributed by atoms with E-state index < -0.39 is 0 Å². The molecule has 3 rings (SSSR count). The van der Waals surface area contributed by atoms with E-state index in [0.29, 0.717) is 5.41 Å². The number of rotatable bonds is 2. The summed E-state index contributed by atoms with van der Waals surface area (Å²) >= 11 is 0. The predicted octanol–water partition coefficient (Wildman–Crippen LogP) is 7.07. The van der Waals surface area contributed by atoms with E-state index in [4.69, 9.17) is 0 Å². The number of hydrogen-bond acceptors (Lipinski definition) is 1. The van der Waals surface area contributed by atoms with E-state index in [2.05, 4.69) is 99.9 Å². The first kappa shape index (κ1) is 19.7. The van der Waals surface area contributed by atoms with E-state index in [9.17, 15) is 0 Å². The molecule has 0 saturated heterocycles. The number of aryl methyl sites for hydroxylation is 1. The van der Waals surface area contributed by atoms with Gasteiger partial charge in [0.1, 0.15) is 0 Å². The van der Waals surface area contributed by atoms with E-state index in [0.717, 1.165) is 16.8 Å². The molecule has 26 heavy (non-hydrogen) atoms. The fourth-order valence-corrected chi connectivity index (χ4v) is 2.56. The van der Waals surface area contributed by atoms with E-state index >= 15 is 0 Å². The van der Waals surface area contributed by atoms with E-state index in [1.54, 1.807) is 0 Å². The number of benzene rings is 2. The predicted molar refractivity (Wildman–Crippen MR) is 114 cm³/mol. The lowest BCUT2D eigenvalue weighted by Crippen LogP contribution is -2.10. The number of pyridine rings is 1. The molecular formula is C25H29N. The second-order valence-corrected chi connectivity index (χ2v) is 7.69. The summed E-state index contributed by atoms with van der Waals surface area (Å²) in [4.78, 5) is 4.36. The molecule has 0 amide bonds. The van der Waals surface area contributed by atoms with Crippen molar-refractivity contribution in [3.8, 4) is 11.3 Å². The van der Waals surface area contributed by atoms with Crippen LogP contribution in [0.5, 0.6) is 0 Å². The molecule has 0 radical (unpaired) electrons. The summed E-state index contributed by atoms with van der Waals surface area (Å²) in [6, 6.07) is 23.0. The van der Waals surface area contributed by atoms with Gasteiger partial charge in [0.2, 0.25) is 0 Å². The molecule has 1 heterocycles. The minimum atomic E-state index is 0.293. The Labute approximate surface area is 158 Å². The molecule has 0 aliphatic rings. The Morgan fingerprint density at radius 2 is 1.50 bits per heavy atom. The summed E-state index contributed by atoms with van der Waals surface area (Å²) in [6.45, 7) is 14.7. The Morgan fingerprint density at radius 1 is 0.885 bits per heavy atom. The third-order valence-electron chi connectivity index (χ3n) is 4.23. The lowest BCUT2D eigenvalue weighted by molar-refractivity contribution is 0.590. The van der Waals surface area contributed by atoms with Crippen molar-refractivity contribution in [2.45, 2.75) is 40.0 Å². The first-order valence-corrected chi connectivity index (χ1v) is 9.02. The maximum absolute atomic E-state index is 4.36. The SMILES string of the molecule is C=C(C)c1ccc(-c2cc(C)ccn2)cc1.CC(C)(C)c1ccccc1. The highest BCUT2D eigenvalue weighted by Gasteiger charge is 2.11. The molecule has 134 valence electrons. The fraction of sp³-hybridized carbons (Fsp3) is 0.240. The standard InChI is InChI=1S/C15H15N.C10H14/c1-11(2)13-4-6-14(7-5-13)15-10-12(3)8-9-16-15;1-10(2,3)9-7-5-4-6-8-9/h4-10H,1H2,2-3H3;4-8H,1-3H3. The molecule has 0 atom stereocenters. The molecule has 1 aromatic heterocycles. The van der Waals surface area contributed by atoms with Gasteiger partial charge in [0.05, 0.1) is 5.69 Å². The van der Waals surface area contributed by atoms with Gasteiger partial charge in [-0.1, -0.05) is 87.5 Å². The van der Waals surface area contributed by atoms with Gasteiger partial charge in [-0.2, -0.15) is 0 Å². The van der Waals surface area contributed by atoms with Gasteiger partial charge >= 0.3 is 0 Å². The number of hydrogen-bond donors (Lipinski definition) is 0. The largest absolute Gasteiger partial charge is 0.256 e. The average Bonchev–Trinajstić information content (AvgIpc) is 2.62. The van der Waals surface area contributed by atoms with Gasteiger partial charge in [0.25, 0.3) is 0 Å². The molecule has 1 nitrogen and oxygen atoms in total. The third-order valence-corrected chi connectivity index (χ3v) is 4.23. The third kappa shape index (κ3) is 5.70. The Kier molecular flexibility index (Phi) is 6.52. The van der Waals surface area contributed by atoms with Crippen molar-refractivity contribution in [3.63, 3.8) is 0 Å². The summed E-state index contributed by atoms with van der Waals surface area (Å²) in [5.74, 6) is 0. The molecule has 3 aromatic rings. The lowest BCUT2D eigenvalue weighted by Gasteiger charge is -2.18. The van der Waals surface area contributed by atoms with Crippen molar-refractivity contribution in [2.24, 2.45) is 0 Å².